The van der Waals surface area contributed by atoms with E-state index in [1.807, 2.05) is 0 Å². The van der Waals surface area contributed by atoms with Crippen LogP contribution < -0.4 is 5.73 Å². The van der Waals surface area contributed by atoms with Crippen LogP contribution in [0.3, 0.4) is 0 Å². The van der Waals surface area contributed by atoms with Crippen LogP contribution in [-0.4, -0.2) is 30.1 Å². The minimum atomic E-state index is 0. The third-order valence-electron chi connectivity index (χ3n) is 3.10. The van der Waals surface area contributed by atoms with E-state index in [0.29, 0.717) is 6.04 Å². The molecule has 0 aromatic rings. The summed E-state index contributed by atoms with van der Waals surface area (Å²) >= 11 is 0. The first kappa shape index (κ1) is 10.3. The summed E-state index contributed by atoms with van der Waals surface area (Å²) < 4.78 is 0. The molecule has 0 amide bonds. The van der Waals surface area contributed by atoms with E-state index >= 15 is 0 Å². The van der Waals surface area contributed by atoms with Gasteiger partial charge in [0.05, 0.1) is 0 Å². The van der Waals surface area contributed by atoms with Gasteiger partial charge in [-0.1, -0.05) is 12.8 Å². The summed E-state index contributed by atoms with van der Waals surface area (Å²) in [6, 6.07) is 1.36. The highest BCUT2D eigenvalue weighted by Gasteiger charge is 2.27. The predicted octanol–water partition coefficient (Wildman–Crippen LogP) is 1.38. The number of rotatable bonds is 1. The molecule has 0 aromatic heterocycles. The fraction of sp³-hybridized carbons (Fsp3) is 1.00. The second-order valence-corrected chi connectivity index (χ2v) is 3.98. The third-order valence-corrected chi connectivity index (χ3v) is 3.10. The molecule has 3 heteroatoms. The normalized spacial score (nSPS) is 32.2. The molecule has 1 heterocycles. The summed E-state index contributed by atoms with van der Waals surface area (Å²) in [5.74, 6) is 0. The molecule has 0 aromatic carbocycles. The summed E-state index contributed by atoms with van der Waals surface area (Å²) in [5.41, 5.74) is 5.85. The van der Waals surface area contributed by atoms with Gasteiger partial charge >= 0.3 is 0 Å². The number of nitrogens with zero attached hydrogens (tertiary/aromatic N) is 1. The molecule has 2 N–H and O–H groups in total. The maximum absolute atomic E-state index is 5.85. The molecule has 2 rings (SSSR count). The lowest BCUT2D eigenvalue weighted by Crippen LogP contribution is -2.33. The van der Waals surface area contributed by atoms with Gasteiger partial charge in [-0.25, -0.2) is 0 Å². The van der Waals surface area contributed by atoms with Gasteiger partial charge in [-0.2, -0.15) is 0 Å². The van der Waals surface area contributed by atoms with E-state index in [1.165, 1.54) is 38.6 Å². The highest BCUT2D eigenvalue weighted by Crippen LogP contribution is 2.25. The largest absolute Gasteiger partial charge is 0.326 e. The van der Waals surface area contributed by atoms with E-state index in [2.05, 4.69) is 4.90 Å². The molecular formula is C9H19ClN2. The smallest absolute Gasteiger partial charge is 0.0180 e. The molecule has 0 unspecified atom stereocenters. The van der Waals surface area contributed by atoms with Crippen molar-refractivity contribution in [1.29, 1.82) is 0 Å². The zero-order valence-corrected chi connectivity index (χ0v) is 8.35. The monoisotopic (exact) mass is 190 g/mol. The van der Waals surface area contributed by atoms with Crippen LogP contribution in [-0.2, 0) is 0 Å². The van der Waals surface area contributed by atoms with Crippen molar-refractivity contribution in [2.45, 2.75) is 44.2 Å². The summed E-state index contributed by atoms with van der Waals surface area (Å²) in [6.07, 6.45) is 6.95. The number of likely N-dealkylation sites (tertiary alicyclic amines) is 1. The Hall–Kier alpha value is 0.210. The maximum Gasteiger partial charge on any atom is 0.0180 e. The first-order valence-electron chi connectivity index (χ1n) is 4.86. The van der Waals surface area contributed by atoms with E-state index < -0.39 is 0 Å². The zero-order chi connectivity index (χ0) is 7.68. The number of halogens is 1. The molecule has 0 bridgehead atoms. The molecule has 1 aliphatic carbocycles. The molecule has 1 aliphatic heterocycles. The van der Waals surface area contributed by atoms with Gasteiger partial charge in [0.2, 0.25) is 0 Å². The van der Waals surface area contributed by atoms with Gasteiger partial charge in [0.1, 0.15) is 0 Å². The van der Waals surface area contributed by atoms with Gasteiger partial charge in [-0.05, 0) is 19.3 Å². The van der Waals surface area contributed by atoms with Crippen LogP contribution in [0.25, 0.3) is 0 Å². The van der Waals surface area contributed by atoms with Crippen LogP contribution in [0.4, 0.5) is 0 Å². The fourth-order valence-corrected chi connectivity index (χ4v) is 2.42. The molecule has 2 nitrogen and oxygen atoms in total. The van der Waals surface area contributed by atoms with Crippen molar-refractivity contribution >= 4 is 12.4 Å². The summed E-state index contributed by atoms with van der Waals surface area (Å²) in [6.45, 7) is 2.41. The molecule has 0 radical (unpaired) electrons. The Morgan fingerprint density at radius 1 is 1.08 bits per heavy atom. The molecule has 1 atom stereocenters. The van der Waals surface area contributed by atoms with Gasteiger partial charge in [-0.15, -0.1) is 12.4 Å². The van der Waals surface area contributed by atoms with E-state index in [1.54, 1.807) is 0 Å². The Bertz CT molecular complexity index is 134. The Morgan fingerprint density at radius 2 is 1.75 bits per heavy atom. The lowest BCUT2D eigenvalue weighted by atomic mass is 10.2. The summed E-state index contributed by atoms with van der Waals surface area (Å²) in [7, 11) is 0. The van der Waals surface area contributed by atoms with Crippen molar-refractivity contribution < 1.29 is 0 Å². The van der Waals surface area contributed by atoms with Crippen LogP contribution >= 0.6 is 12.4 Å². The van der Waals surface area contributed by atoms with Crippen molar-refractivity contribution in [3.05, 3.63) is 0 Å². The number of hydrogen-bond donors (Lipinski definition) is 1. The minimum absolute atomic E-state index is 0. The first-order chi connectivity index (χ1) is 5.36. The fourth-order valence-electron chi connectivity index (χ4n) is 2.42. The first-order valence-corrected chi connectivity index (χ1v) is 4.86. The maximum atomic E-state index is 5.85. The Labute approximate surface area is 80.9 Å². The van der Waals surface area contributed by atoms with Gasteiger partial charge in [0.15, 0.2) is 0 Å². The quantitative estimate of drug-likeness (QED) is 0.677. The summed E-state index contributed by atoms with van der Waals surface area (Å²) in [4.78, 5) is 2.59. The molecule has 1 saturated carbocycles. The molecule has 12 heavy (non-hydrogen) atoms. The SMILES string of the molecule is Cl.N[C@H]1CCN(C2CCCC2)C1. The topological polar surface area (TPSA) is 29.3 Å². The van der Waals surface area contributed by atoms with Crippen molar-refractivity contribution in [2.24, 2.45) is 5.73 Å². The molecular weight excluding hydrogens is 172 g/mol. The van der Waals surface area contributed by atoms with Gasteiger partial charge < -0.3 is 5.73 Å². The van der Waals surface area contributed by atoms with Crippen LogP contribution in [0, 0.1) is 0 Å². The minimum Gasteiger partial charge on any atom is -0.326 e. The molecule has 72 valence electrons. The van der Waals surface area contributed by atoms with Crippen molar-refractivity contribution in [3.63, 3.8) is 0 Å². The number of nitrogens with two attached hydrogens (primary N) is 1. The van der Waals surface area contributed by atoms with E-state index in [0.717, 1.165) is 12.6 Å². The molecule has 2 fully saturated rings. The Balaban J connectivity index is 0.000000720. The zero-order valence-electron chi connectivity index (χ0n) is 7.54. The van der Waals surface area contributed by atoms with Crippen LogP contribution in [0.2, 0.25) is 0 Å². The van der Waals surface area contributed by atoms with Crippen molar-refractivity contribution in [2.75, 3.05) is 13.1 Å². The predicted molar refractivity (Wildman–Crippen MR) is 53.7 cm³/mol. The molecule has 2 aliphatic rings. The standard InChI is InChI=1S/C9H18N2.ClH/c10-8-5-6-11(7-8)9-3-1-2-4-9;/h8-9H,1-7,10H2;1H/t8-;/m0./s1. The number of hydrogen-bond acceptors (Lipinski definition) is 2. The van der Waals surface area contributed by atoms with E-state index in [9.17, 15) is 0 Å². The van der Waals surface area contributed by atoms with E-state index in [-0.39, 0.29) is 12.4 Å². The highest BCUT2D eigenvalue weighted by atomic mass is 35.5. The lowest BCUT2D eigenvalue weighted by molar-refractivity contribution is 0.243. The summed E-state index contributed by atoms with van der Waals surface area (Å²) in [5, 5.41) is 0. The lowest BCUT2D eigenvalue weighted by Gasteiger charge is -2.22. The Morgan fingerprint density at radius 3 is 2.25 bits per heavy atom. The second-order valence-electron chi connectivity index (χ2n) is 3.98. The second kappa shape index (κ2) is 4.45. The van der Waals surface area contributed by atoms with Crippen molar-refractivity contribution in [3.8, 4) is 0 Å². The molecule has 1 saturated heterocycles. The van der Waals surface area contributed by atoms with Crippen LogP contribution in [0.1, 0.15) is 32.1 Å². The van der Waals surface area contributed by atoms with Crippen LogP contribution in [0.5, 0.6) is 0 Å². The van der Waals surface area contributed by atoms with E-state index in [4.69, 9.17) is 5.73 Å². The van der Waals surface area contributed by atoms with Crippen LogP contribution in [0.15, 0.2) is 0 Å². The Kier molecular flexibility index (Phi) is 3.81. The average Bonchev–Trinajstić information content (AvgIpc) is 2.55. The van der Waals surface area contributed by atoms with Gasteiger partial charge in [0.25, 0.3) is 0 Å². The van der Waals surface area contributed by atoms with Gasteiger partial charge in [-0.3, -0.25) is 4.90 Å². The highest BCUT2D eigenvalue weighted by molar-refractivity contribution is 5.85. The van der Waals surface area contributed by atoms with Gasteiger partial charge in [0, 0.05) is 25.2 Å². The third kappa shape index (κ3) is 2.12. The molecule has 0 spiro atoms. The van der Waals surface area contributed by atoms with Crippen molar-refractivity contribution in [1.82, 2.24) is 4.90 Å². The average molecular weight is 191 g/mol.